The Morgan fingerprint density at radius 2 is 2.07 bits per heavy atom. The number of aromatic nitrogens is 2. The van der Waals surface area contributed by atoms with Gasteiger partial charge in [0.2, 0.25) is 5.91 Å². The van der Waals surface area contributed by atoms with Gasteiger partial charge in [-0.1, -0.05) is 18.2 Å². The van der Waals surface area contributed by atoms with E-state index in [0.29, 0.717) is 25.3 Å². The molecule has 2 atom stereocenters. The van der Waals surface area contributed by atoms with Gasteiger partial charge in [-0.2, -0.15) is 5.10 Å². The normalized spacial score (nSPS) is 17.3. The number of nitrogens with zero attached hydrogens (tertiary/aromatic N) is 4. The molecule has 3 rings (SSSR count). The number of hydrogen-bond donors (Lipinski definition) is 1. The number of rotatable bonds is 5. The molecule has 0 spiro atoms. The highest BCUT2D eigenvalue weighted by molar-refractivity contribution is 5.98. The molecule has 1 aliphatic heterocycles. The van der Waals surface area contributed by atoms with Crippen LogP contribution in [0, 0.1) is 6.92 Å². The number of nitrogens with one attached hydrogen (secondary N) is 1. The van der Waals surface area contributed by atoms with Crippen LogP contribution in [0.3, 0.4) is 0 Å². The highest BCUT2D eigenvalue weighted by Crippen LogP contribution is 2.25. The SMILES string of the molecule is Cc1c(C(=O)NC(C)C(=O)N2Cc3ccccc3OCC2CN(C)C)cnn1C. The molecule has 1 aliphatic rings. The van der Waals surface area contributed by atoms with Crippen molar-refractivity contribution >= 4 is 11.8 Å². The standard InChI is InChI=1S/C21H29N5O3/c1-14(23-20(27)18-10-22-25(5)15(18)2)21(28)26-11-16-8-6-7-9-19(16)29-13-17(26)12-24(3)4/h6-10,14,17H,11-13H2,1-5H3,(H,23,27). The number of ether oxygens (including phenoxy) is 1. The fourth-order valence-electron chi connectivity index (χ4n) is 3.50. The van der Waals surface area contributed by atoms with E-state index in [9.17, 15) is 9.59 Å². The molecule has 1 N–H and O–H groups in total. The van der Waals surface area contributed by atoms with Crippen LogP contribution in [0.1, 0.15) is 28.5 Å². The molecule has 1 aromatic heterocycles. The lowest BCUT2D eigenvalue weighted by Gasteiger charge is -2.33. The molecule has 29 heavy (non-hydrogen) atoms. The van der Waals surface area contributed by atoms with Crippen LogP contribution in [0.25, 0.3) is 0 Å². The first kappa shape index (κ1) is 20.9. The van der Waals surface area contributed by atoms with Gasteiger partial charge in [0.15, 0.2) is 0 Å². The Bertz CT molecular complexity index is 892. The molecule has 0 aliphatic carbocycles. The molecule has 156 valence electrons. The fraction of sp³-hybridized carbons (Fsp3) is 0.476. The van der Waals surface area contributed by atoms with E-state index >= 15 is 0 Å². The average Bonchev–Trinajstić information content (AvgIpc) is 2.91. The number of benzene rings is 1. The molecule has 8 heteroatoms. The van der Waals surface area contributed by atoms with Gasteiger partial charge in [-0.25, -0.2) is 0 Å². The second-order valence-corrected chi connectivity index (χ2v) is 7.76. The summed E-state index contributed by atoms with van der Waals surface area (Å²) in [7, 11) is 5.72. The minimum atomic E-state index is -0.669. The van der Waals surface area contributed by atoms with E-state index in [1.807, 2.05) is 55.1 Å². The summed E-state index contributed by atoms with van der Waals surface area (Å²) in [6, 6.07) is 6.97. The third-order valence-corrected chi connectivity index (χ3v) is 5.24. The number of carbonyl (C=O) groups excluding carboxylic acids is 2. The van der Waals surface area contributed by atoms with Gasteiger partial charge in [0, 0.05) is 31.4 Å². The van der Waals surface area contributed by atoms with Crippen molar-refractivity contribution in [1.82, 2.24) is 24.9 Å². The summed E-state index contributed by atoms with van der Waals surface area (Å²) in [5.41, 5.74) is 2.19. The van der Waals surface area contributed by atoms with Gasteiger partial charge in [0.25, 0.3) is 5.91 Å². The maximum atomic E-state index is 13.3. The summed E-state index contributed by atoms with van der Waals surface area (Å²) < 4.78 is 7.61. The number of hydrogen-bond acceptors (Lipinski definition) is 5. The molecule has 0 radical (unpaired) electrons. The number of amides is 2. The van der Waals surface area contributed by atoms with Crippen LogP contribution >= 0.6 is 0 Å². The molecule has 0 saturated carbocycles. The monoisotopic (exact) mass is 399 g/mol. The van der Waals surface area contributed by atoms with Crippen LogP contribution in [-0.2, 0) is 18.4 Å². The lowest BCUT2D eigenvalue weighted by Crippen LogP contribution is -2.53. The molecule has 0 saturated heterocycles. The minimum Gasteiger partial charge on any atom is -0.491 e. The van der Waals surface area contributed by atoms with Gasteiger partial charge in [-0.3, -0.25) is 14.3 Å². The lowest BCUT2D eigenvalue weighted by atomic mass is 10.1. The molecular formula is C21H29N5O3. The summed E-state index contributed by atoms with van der Waals surface area (Å²) in [5, 5.41) is 6.93. The zero-order chi connectivity index (χ0) is 21.1. The van der Waals surface area contributed by atoms with Crippen LogP contribution < -0.4 is 10.1 Å². The van der Waals surface area contributed by atoms with E-state index in [1.54, 1.807) is 18.7 Å². The second kappa shape index (κ2) is 8.65. The first-order valence-electron chi connectivity index (χ1n) is 9.73. The van der Waals surface area contributed by atoms with Crippen LogP contribution in [0.5, 0.6) is 5.75 Å². The molecule has 2 heterocycles. The van der Waals surface area contributed by atoms with E-state index in [2.05, 4.69) is 10.4 Å². The van der Waals surface area contributed by atoms with Crippen molar-refractivity contribution in [3.63, 3.8) is 0 Å². The Morgan fingerprint density at radius 1 is 1.34 bits per heavy atom. The number of aryl methyl sites for hydroxylation is 1. The summed E-state index contributed by atoms with van der Waals surface area (Å²) in [4.78, 5) is 29.8. The van der Waals surface area contributed by atoms with Gasteiger partial charge in [-0.05, 0) is 34.0 Å². The van der Waals surface area contributed by atoms with Crippen molar-refractivity contribution in [1.29, 1.82) is 0 Å². The van der Waals surface area contributed by atoms with Gasteiger partial charge in [0.05, 0.1) is 17.8 Å². The van der Waals surface area contributed by atoms with E-state index in [-0.39, 0.29) is 17.9 Å². The first-order valence-corrected chi connectivity index (χ1v) is 9.73. The van der Waals surface area contributed by atoms with Crippen LogP contribution in [0.15, 0.2) is 30.5 Å². The van der Waals surface area contributed by atoms with Gasteiger partial charge >= 0.3 is 0 Å². The van der Waals surface area contributed by atoms with Crippen molar-refractivity contribution in [2.45, 2.75) is 32.5 Å². The zero-order valence-corrected chi connectivity index (χ0v) is 17.7. The Kier molecular flexibility index (Phi) is 6.22. The van der Waals surface area contributed by atoms with Crippen LogP contribution in [-0.4, -0.2) is 70.7 Å². The minimum absolute atomic E-state index is 0.121. The average molecular weight is 399 g/mol. The third kappa shape index (κ3) is 4.59. The zero-order valence-electron chi connectivity index (χ0n) is 17.7. The number of carbonyl (C=O) groups is 2. The number of likely N-dealkylation sites (N-methyl/N-ethyl adjacent to an activating group) is 1. The van der Waals surface area contributed by atoms with E-state index in [4.69, 9.17) is 4.74 Å². The van der Waals surface area contributed by atoms with E-state index in [0.717, 1.165) is 17.0 Å². The van der Waals surface area contributed by atoms with Crippen molar-refractivity contribution in [3.05, 3.63) is 47.3 Å². The molecule has 1 aromatic carbocycles. The lowest BCUT2D eigenvalue weighted by molar-refractivity contribution is -0.136. The van der Waals surface area contributed by atoms with Crippen molar-refractivity contribution in [2.75, 3.05) is 27.2 Å². The summed E-state index contributed by atoms with van der Waals surface area (Å²) in [6.45, 7) is 5.06. The van der Waals surface area contributed by atoms with Crippen LogP contribution in [0.2, 0.25) is 0 Å². The molecule has 2 amide bonds. The molecule has 0 fully saturated rings. The van der Waals surface area contributed by atoms with Gasteiger partial charge in [-0.15, -0.1) is 0 Å². The van der Waals surface area contributed by atoms with Crippen molar-refractivity contribution in [2.24, 2.45) is 7.05 Å². The number of para-hydroxylation sites is 1. The predicted octanol–water partition coefficient (Wildman–Crippen LogP) is 1.20. The maximum Gasteiger partial charge on any atom is 0.255 e. The summed E-state index contributed by atoms with van der Waals surface area (Å²) in [6.07, 6.45) is 1.52. The predicted molar refractivity (Wildman–Crippen MR) is 110 cm³/mol. The van der Waals surface area contributed by atoms with Crippen molar-refractivity contribution < 1.29 is 14.3 Å². The summed E-state index contributed by atoms with van der Waals surface area (Å²) in [5.74, 6) is 0.369. The quantitative estimate of drug-likeness (QED) is 0.817. The van der Waals surface area contributed by atoms with Gasteiger partial charge < -0.3 is 19.9 Å². The molecule has 0 bridgehead atoms. The first-order chi connectivity index (χ1) is 13.8. The highest BCUT2D eigenvalue weighted by Gasteiger charge is 2.32. The largest absolute Gasteiger partial charge is 0.491 e. The van der Waals surface area contributed by atoms with E-state index < -0.39 is 6.04 Å². The second-order valence-electron chi connectivity index (χ2n) is 7.76. The summed E-state index contributed by atoms with van der Waals surface area (Å²) >= 11 is 0. The molecule has 2 unspecified atom stereocenters. The molecular weight excluding hydrogens is 370 g/mol. The number of fused-ring (bicyclic) bond motifs is 1. The van der Waals surface area contributed by atoms with Crippen molar-refractivity contribution in [3.8, 4) is 5.75 Å². The fourth-order valence-corrected chi connectivity index (χ4v) is 3.50. The Morgan fingerprint density at radius 3 is 2.72 bits per heavy atom. The Labute approximate surface area is 171 Å². The van der Waals surface area contributed by atoms with E-state index in [1.165, 1.54) is 6.20 Å². The van der Waals surface area contributed by atoms with Crippen LogP contribution in [0.4, 0.5) is 0 Å². The van der Waals surface area contributed by atoms with Gasteiger partial charge in [0.1, 0.15) is 18.4 Å². The topological polar surface area (TPSA) is 79.7 Å². The molecule has 8 nitrogen and oxygen atoms in total. The Balaban J connectivity index is 1.79. The molecule has 2 aromatic rings. The highest BCUT2D eigenvalue weighted by atomic mass is 16.5. The third-order valence-electron chi connectivity index (χ3n) is 5.24. The maximum absolute atomic E-state index is 13.3. The Hall–Kier alpha value is -2.87. The smallest absolute Gasteiger partial charge is 0.255 e.